The number of amides is 2. The van der Waals surface area contributed by atoms with Crippen LogP contribution in [0.4, 0.5) is 13.2 Å². The van der Waals surface area contributed by atoms with Crippen molar-refractivity contribution in [3.8, 4) is 5.75 Å². The number of nitrogens with one attached hydrogen (secondary N) is 2. The molecular formula is C31H32F3N3O5S. The number of aryl methyl sites for hydroxylation is 2. The Hall–Kier alpha value is -4.32. The third kappa shape index (κ3) is 7.56. The second-order valence-electron chi connectivity index (χ2n) is 10.5. The fourth-order valence-electron chi connectivity index (χ4n) is 4.88. The SMILES string of the molecule is COc1cc(C(=O)NS(=O)(=O)c2ccccc2C)ccc1Cn1cc(C)c2ccc(C(=O)NC[C@@H](C)CC(F)(F)F)cc21. The summed E-state index contributed by atoms with van der Waals surface area (Å²) in [4.78, 5) is 25.6. The van der Waals surface area contributed by atoms with Crippen LogP contribution in [0.15, 0.2) is 71.8 Å². The summed E-state index contributed by atoms with van der Waals surface area (Å²) < 4.78 is 73.0. The molecule has 0 fully saturated rings. The van der Waals surface area contributed by atoms with E-state index in [-0.39, 0.29) is 17.0 Å². The first-order valence-electron chi connectivity index (χ1n) is 13.4. The van der Waals surface area contributed by atoms with E-state index in [1.54, 1.807) is 49.4 Å². The molecule has 4 rings (SSSR count). The maximum absolute atomic E-state index is 12.9. The molecule has 0 saturated heterocycles. The summed E-state index contributed by atoms with van der Waals surface area (Å²) in [5, 5.41) is 3.47. The van der Waals surface area contributed by atoms with Crippen molar-refractivity contribution < 1.29 is 35.9 Å². The van der Waals surface area contributed by atoms with E-state index in [9.17, 15) is 31.2 Å². The maximum Gasteiger partial charge on any atom is 0.389 e. The molecule has 2 amide bonds. The Morgan fingerprint density at radius 3 is 2.30 bits per heavy atom. The maximum atomic E-state index is 12.9. The number of benzene rings is 3. The number of carbonyl (C=O) groups excluding carboxylic acids is 2. The molecule has 2 N–H and O–H groups in total. The predicted octanol–water partition coefficient (Wildman–Crippen LogP) is 5.75. The monoisotopic (exact) mass is 615 g/mol. The summed E-state index contributed by atoms with van der Waals surface area (Å²) in [5.41, 5.74) is 3.25. The zero-order valence-corrected chi connectivity index (χ0v) is 24.9. The number of hydrogen-bond acceptors (Lipinski definition) is 5. The van der Waals surface area contributed by atoms with E-state index in [1.165, 1.54) is 32.2 Å². The third-order valence-corrected chi connectivity index (χ3v) is 8.53. The highest BCUT2D eigenvalue weighted by molar-refractivity contribution is 7.90. The molecule has 0 spiro atoms. The van der Waals surface area contributed by atoms with Gasteiger partial charge in [-0.05, 0) is 61.2 Å². The number of alkyl halides is 3. The lowest BCUT2D eigenvalue weighted by Crippen LogP contribution is -2.31. The molecule has 0 aliphatic carbocycles. The molecule has 0 aliphatic heterocycles. The van der Waals surface area contributed by atoms with Gasteiger partial charge in [0.2, 0.25) is 0 Å². The van der Waals surface area contributed by atoms with Gasteiger partial charge in [-0.25, -0.2) is 13.1 Å². The van der Waals surface area contributed by atoms with Crippen LogP contribution in [-0.4, -0.2) is 44.6 Å². The van der Waals surface area contributed by atoms with Gasteiger partial charge in [-0.1, -0.05) is 37.3 Å². The number of ether oxygens (including phenoxy) is 1. The van der Waals surface area contributed by atoms with Crippen LogP contribution in [0.25, 0.3) is 10.9 Å². The normalized spacial score (nSPS) is 12.6. The zero-order valence-electron chi connectivity index (χ0n) is 24.1. The topological polar surface area (TPSA) is 106 Å². The smallest absolute Gasteiger partial charge is 0.389 e. The van der Waals surface area contributed by atoms with Crippen molar-refractivity contribution in [1.82, 2.24) is 14.6 Å². The van der Waals surface area contributed by atoms with Crippen molar-refractivity contribution in [3.05, 3.63) is 94.7 Å². The summed E-state index contributed by atoms with van der Waals surface area (Å²) >= 11 is 0. The highest BCUT2D eigenvalue weighted by atomic mass is 32.2. The summed E-state index contributed by atoms with van der Waals surface area (Å²) in [5.74, 6) is -1.70. The van der Waals surface area contributed by atoms with Crippen LogP contribution in [0.1, 0.15) is 50.8 Å². The van der Waals surface area contributed by atoms with E-state index in [1.807, 2.05) is 17.7 Å². The van der Waals surface area contributed by atoms with Crippen LogP contribution in [-0.2, 0) is 16.6 Å². The van der Waals surface area contributed by atoms with E-state index in [0.717, 1.165) is 16.5 Å². The van der Waals surface area contributed by atoms with Crippen LogP contribution in [0.3, 0.4) is 0 Å². The first kappa shape index (κ1) is 31.6. The number of sulfonamides is 1. The predicted molar refractivity (Wildman–Crippen MR) is 157 cm³/mol. The molecule has 0 aliphatic rings. The Kier molecular flexibility index (Phi) is 9.19. The first-order valence-corrected chi connectivity index (χ1v) is 14.9. The van der Waals surface area contributed by atoms with E-state index < -0.39 is 40.4 Å². The molecule has 0 radical (unpaired) electrons. The Labute approximate surface area is 247 Å². The zero-order chi connectivity index (χ0) is 31.5. The second-order valence-corrected chi connectivity index (χ2v) is 12.2. The van der Waals surface area contributed by atoms with Gasteiger partial charge in [-0.15, -0.1) is 0 Å². The van der Waals surface area contributed by atoms with Gasteiger partial charge in [0.15, 0.2) is 0 Å². The Morgan fingerprint density at radius 2 is 1.63 bits per heavy atom. The number of carbonyl (C=O) groups is 2. The van der Waals surface area contributed by atoms with Gasteiger partial charge in [-0.3, -0.25) is 9.59 Å². The van der Waals surface area contributed by atoms with E-state index in [4.69, 9.17) is 4.74 Å². The van der Waals surface area contributed by atoms with E-state index in [0.29, 0.717) is 29.0 Å². The molecule has 1 heterocycles. The quantitative estimate of drug-likeness (QED) is 0.236. The molecule has 0 bridgehead atoms. The van der Waals surface area contributed by atoms with Crippen molar-refractivity contribution in [2.45, 2.75) is 44.8 Å². The fourth-order valence-corrected chi connectivity index (χ4v) is 6.10. The van der Waals surface area contributed by atoms with Gasteiger partial charge in [0.05, 0.1) is 18.6 Å². The van der Waals surface area contributed by atoms with Gasteiger partial charge in [0.1, 0.15) is 5.75 Å². The number of aromatic nitrogens is 1. The molecule has 4 aromatic rings. The molecule has 43 heavy (non-hydrogen) atoms. The van der Waals surface area contributed by atoms with Crippen LogP contribution >= 0.6 is 0 Å². The van der Waals surface area contributed by atoms with Crippen molar-refractivity contribution in [3.63, 3.8) is 0 Å². The highest BCUT2D eigenvalue weighted by Gasteiger charge is 2.30. The third-order valence-electron chi connectivity index (χ3n) is 7.03. The lowest BCUT2D eigenvalue weighted by atomic mass is 10.1. The summed E-state index contributed by atoms with van der Waals surface area (Å²) in [7, 11) is -2.66. The Bertz CT molecular complexity index is 1780. The van der Waals surface area contributed by atoms with Gasteiger partial charge in [0.25, 0.3) is 21.8 Å². The average molecular weight is 616 g/mol. The minimum atomic E-state index is -4.30. The fraction of sp³-hybridized carbons (Fsp3) is 0.290. The molecule has 1 atom stereocenters. The number of hydrogen-bond donors (Lipinski definition) is 2. The summed E-state index contributed by atoms with van der Waals surface area (Å²) in [6.45, 7) is 5.16. The van der Waals surface area contributed by atoms with Crippen LogP contribution < -0.4 is 14.8 Å². The number of nitrogens with zero attached hydrogens (tertiary/aromatic N) is 1. The van der Waals surface area contributed by atoms with Crippen molar-refractivity contribution in [1.29, 1.82) is 0 Å². The van der Waals surface area contributed by atoms with Crippen molar-refractivity contribution in [2.24, 2.45) is 5.92 Å². The molecule has 3 aromatic carbocycles. The molecule has 12 heteroatoms. The summed E-state index contributed by atoms with van der Waals surface area (Å²) in [6, 6.07) is 16.0. The van der Waals surface area contributed by atoms with Crippen molar-refractivity contribution in [2.75, 3.05) is 13.7 Å². The Morgan fingerprint density at radius 1 is 0.953 bits per heavy atom. The minimum Gasteiger partial charge on any atom is -0.496 e. The first-order chi connectivity index (χ1) is 20.2. The highest BCUT2D eigenvalue weighted by Crippen LogP contribution is 2.28. The number of rotatable bonds is 10. The largest absolute Gasteiger partial charge is 0.496 e. The lowest BCUT2D eigenvalue weighted by molar-refractivity contribution is -0.142. The average Bonchev–Trinajstić information content (AvgIpc) is 3.24. The summed E-state index contributed by atoms with van der Waals surface area (Å²) in [6.07, 6.45) is -3.39. The van der Waals surface area contributed by atoms with E-state index >= 15 is 0 Å². The second kappa shape index (κ2) is 12.5. The molecule has 228 valence electrons. The standard InChI is InChI=1S/C31H32F3N3O5S/c1-19(15-31(32,33)34)16-35-29(38)22-11-12-25-21(3)17-37(26(25)13-22)18-24-10-9-23(14-27(24)42-4)30(39)36-43(40,41)28-8-6-5-7-20(28)2/h5-14,17,19H,15-16,18H2,1-4H3,(H,35,38)(H,36,39)/t19-/m0/s1. The number of fused-ring (bicyclic) bond motifs is 1. The number of halogens is 3. The van der Waals surface area contributed by atoms with Crippen LogP contribution in [0, 0.1) is 19.8 Å². The minimum absolute atomic E-state index is 0.00524. The lowest BCUT2D eigenvalue weighted by Gasteiger charge is -2.15. The van der Waals surface area contributed by atoms with Crippen LogP contribution in [0.2, 0.25) is 0 Å². The van der Waals surface area contributed by atoms with Crippen molar-refractivity contribution >= 4 is 32.7 Å². The van der Waals surface area contributed by atoms with Gasteiger partial charge in [-0.2, -0.15) is 13.2 Å². The molecular weight excluding hydrogens is 583 g/mol. The molecule has 0 saturated carbocycles. The van der Waals surface area contributed by atoms with E-state index in [2.05, 4.69) is 10.0 Å². The molecule has 8 nitrogen and oxygen atoms in total. The van der Waals surface area contributed by atoms with Crippen LogP contribution in [0.5, 0.6) is 5.75 Å². The van der Waals surface area contributed by atoms with Gasteiger partial charge >= 0.3 is 6.18 Å². The molecule has 0 unspecified atom stereocenters. The van der Waals surface area contributed by atoms with Gasteiger partial charge < -0.3 is 14.6 Å². The number of methoxy groups -OCH3 is 1. The Balaban J connectivity index is 1.54. The van der Waals surface area contributed by atoms with Gasteiger partial charge in [0, 0.05) is 46.8 Å². The molecule has 1 aromatic heterocycles.